The minimum Gasteiger partial charge on any atom is -0.508 e. The Balaban J connectivity index is 2.11. The van der Waals surface area contributed by atoms with Gasteiger partial charge in [0.05, 0.1) is 12.0 Å². The number of hydrogen-bond acceptors (Lipinski definition) is 5. The second kappa shape index (κ2) is 6.26. The van der Waals surface area contributed by atoms with Crippen LogP contribution < -0.4 is 0 Å². The van der Waals surface area contributed by atoms with E-state index >= 15 is 0 Å². The van der Waals surface area contributed by atoms with E-state index < -0.39 is 22.0 Å². The number of carbonyl (C=O) groups excluding carboxylic acids is 1. The van der Waals surface area contributed by atoms with E-state index in [1.54, 1.807) is 30.3 Å². The highest BCUT2D eigenvalue weighted by Gasteiger charge is 2.41. The molecule has 0 radical (unpaired) electrons. The molecule has 1 aliphatic rings. The first kappa shape index (κ1) is 16.5. The van der Waals surface area contributed by atoms with Crippen LogP contribution in [0.25, 0.3) is 0 Å². The third-order valence-corrected chi connectivity index (χ3v) is 5.96. The molecule has 1 heterocycles. The molecule has 1 aliphatic heterocycles. The number of esters is 1. The molecule has 0 spiro atoms. The number of phenolic OH excluding ortho intramolecular Hbond substituents is 1. The van der Waals surface area contributed by atoms with Crippen molar-refractivity contribution >= 4 is 16.0 Å². The second-order valence-electron chi connectivity index (χ2n) is 5.49. The lowest BCUT2D eigenvalue weighted by atomic mass is 9.94. The Hall–Kier alpha value is -2.38. The van der Waals surface area contributed by atoms with Gasteiger partial charge in [-0.15, -0.1) is 0 Å². The average Bonchev–Trinajstić information content (AvgIpc) is 2.60. The van der Waals surface area contributed by atoms with Crippen LogP contribution in [0.2, 0.25) is 0 Å². The Morgan fingerprint density at radius 3 is 2.58 bits per heavy atom. The fourth-order valence-electron chi connectivity index (χ4n) is 2.93. The quantitative estimate of drug-likeness (QED) is 0.857. The number of phenols is 1. The van der Waals surface area contributed by atoms with Crippen LogP contribution in [0, 0.1) is 0 Å². The topological polar surface area (TPSA) is 83.9 Å². The van der Waals surface area contributed by atoms with Crippen LogP contribution in [-0.4, -0.2) is 37.5 Å². The van der Waals surface area contributed by atoms with Gasteiger partial charge in [0.15, 0.2) is 0 Å². The molecule has 7 heteroatoms. The molecule has 0 aliphatic carbocycles. The Morgan fingerprint density at radius 1 is 1.21 bits per heavy atom. The highest BCUT2D eigenvalue weighted by molar-refractivity contribution is 7.89. The highest BCUT2D eigenvalue weighted by Crippen LogP contribution is 2.36. The molecule has 1 N–H and O–H groups in total. The Labute approximate surface area is 140 Å². The predicted octanol–water partition coefficient (Wildman–Crippen LogP) is 1.85. The maximum absolute atomic E-state index is 13.0. The van der Waals surface area contributed by atoms with E-state index in [1.165, 1.54) is 25.3 Å². The first-order valence-electron chi connectivity index (χ1n) is 7.41. The largest absolute Gasteiger partial charge is 0.508 e. The van der Waals surface area contributed by atoms with Gasteiger partial charge >= 0.3 is 5.97 Å². The fourth-order valence-corrected chi connectivity index (χ4v) is 4.51. The van der Waals surface area contributed by atoms with Crippen LogP contribution in [0.3, 0.4) is 0 Å². The van der Waals surface area contributed by atoms with Crippen LogP contribution in [0.5, 0.6) is 5.75 Å². The SMILES string of the molecule is COC(=O)C1c2ccc(O)cc2CCN1S(=O)(=O)c1ccccc1. The zero-order valence-corrected chi connectivity index (χ0v) is 13.9. The third kappa shape index (κ3) is 2.76. The number of benzene rings is 2. The summed E-state index contributed by atoms with van der Waals surface area (Å²) < 4.78 is 31.9. The lowest BCUT2D eigenvalue weighted by molar-refractivity contribution is -0.145. The zero-order valence-electron chi connectivity index (χ0n) is 13.0. The van der Waals surface area contributed by atoms with Crippen molar-refractivity contribution in [3.8, 4) is 5.75 Å². The lowest BCUT2D eigenvalue weighted by Gasteiger charge is -2.34. The molecule has 0 aromatic heterocycles. The summed E-state index contributed by atoms with van der Waals surface area (Å²) in [7, 11) is -2.62. The number of rotatable bonds is 3. The molecule has 24 heavy (non-hydrogen) atoms. The molecule has 0 bridgehead atoms. The Morgan fingerprint density at radius 2 is 1.92 bits per heavy atom. The van der Waals surface area contributed by atoms with Gasteiger partial charge in [0.1, 0.15) is 11.8 Å². The van der Waals surface area contributed by atoms with Crippen LogP contribution in [0.1, 0.15) is 17.2 Å². The number of methoxy groups -OCH3 is 1. The highest BCUT2D eigenvalue weighted by atomic mass is 32.2. The van der Waals surface area contributed by atoms with Crippen LogP contribution in [0.4, 0.5) is 0 Å². The van der Waals surface area contributed by atoms with Crippen molar-refractivity contribution in [3.05, 3.63) is 59.7 Å². The number of nitrogens with zero attached hydrogens (tertiary/aromatic N) is 1. The molecule has 0 amide bonds. The normalized spacial score (nSPS) is 18.0. The summed E-state index contributed by atoms with van der Waals surface area (Å²) in [5.74, 6) is -0.571. The van der Waals surface area contributed by atoms with Crippen molar-refractivity contribution < 1.29 is 23.1 Å². The molecule has 0 fully saturated rings. The summed E-state index contributed by atoms with van der Waals surface area (Å²) in [6.45, 7) is 0.132. The number of ether oxygens (including phenoxy) is 1. The molecule has 2 aromatic rings. The van der Waals surface area contributed by atoms with Gasteiger partial charge in [0.2, 0.25) is 10.0 Å². The molecule has 2 aromatic carbocycles. The van der Waals surface area contributed by atoms with E-state index in [2.05, 4.69) is 0 Å². The third-order valence-electron chi connectivity index (χ3n) is 4.08. The predicted molar refractivity (Wildman–Crippen MR) is 86.9 cm³/mol. The minimum absolute atomic E-state index is 0.0803. The maximum Gasteiger partial charge on any atom is 0.328 e. The van der Waals surface area contributed by atoms with Crippen molar-refractivity contribution in [1.82, 2.24) is 4.31 Å². The molecule has 3 rings (SSSR count). The van der Waals surface area contributed by atoms with Crippen molar-refractivity contribution in [2.75, 3.05) is 13.7 Å². The average molecular weight is 347 g/mol. The van der Waals surface area contributed by atoms with Crippen molar-refractivity contribution in [1.29, 1.82) is 0 Å². The molecule has 6 nitrogen and oxygen atoms in total. The van der Waals surface area contributed by atoms with Gasteiger partial charge in [-0.05, 0) is 41.8 Å². The summed E-state index contributed by atoms with van der Waals surface area (Å²) in [4.78, 5) is 12.4. The first-order chi connectivity index (χ1) is 11.4. The number of aromatic hydroxyl groups is 1. The standard InChI is InChI=1S/C17H17NO5S/c1-23-17(20)16-15-8-7-13(19)11-12(15)9-10-18(16)24(21,22)14-5-3-2-4-6-14/h2-8,11,16,19H,9-10H2,1H3. The second-order valence-corrected chi connectivity index (χ2v) is 7.38. The van der Waals surface area contributed by atoms with Crippen LogP contribution in [-0.2, 0) is 26.0 Å². The van der Waals surface area contributed by atoms with E-state index in [1.807, 2.05) is 0 Å². The smallest absolute Gasteiger partial charge is 0.328 e. The summed E-state index contributed by atoms with van der Waals surface area (Å²) >= 11 is 0. The lowest BCUT2D eigenvalue weighted by Crippen LogP contribution is -2.43. The Bertz CT molecular complexity index is 864. The van der Waals surface area contributed by atoms with Gasteiger partial charge in [-0.25, -0.2) is 13.2 Å². The van der Waals surface area contributed by atoms with Gasteiger partial charge in [0.25, 0.3) is 0 Å². The first-order valence-corrected chi connectivity index (χ1v) is 8.85. The molecule has 1 unspecified atom stereocenters. The van der Waals surface area contributed by atoms with Gasteiger partial charge in [-0.1, -0.05) is 24.3 Å². The molecule has 1 atom stereocenters. The van der Waals surface area contributed by atoms with E-state index in [0.717, 1.165) is 9.87 Å². The maximum atomic E-state index is 13.0. The van der Waals surface area contributed by atoms with Crippen molar-refractivity contribution in [2.24, 2.45) is 0 Å². The summed E-state index contributed by atoms with van der Waals surface area (Å²) in [5.41, 5.74) is 1.27. The monoisotopic (exact) mass is 347 g/mol. The van der Waals surface area contributed by atoms with E-state index in [-0.39, 0.29) is 17.2 Å². The van der Waals surface area contributed by atoms with E-state index in [9.17, 15) is 18.3 Å². The van der Waals surface area contributed by atoms with Crippen LogP contribution in [0.15, 0.2) is 53.4 Å². The summed E-state index contributed by atoms with van der Waals surface area (Å²) in [6, 6.07) is 11.5. The number of sulfonamides is 1. The molecule has 126 valence electrons. The Kier molecular flexibility index (Phi) is 4.29. The summed E-state index contributed by atoms with van der Waals surface area (Å²) in [6.07, 6.45) is 0.406. The summed E-state index contributed by atoms with van der Waals surface area (Å²) in [5, 5.41) is 9.63. The van der Waals surface area contributed by atoms with Crippen molar-refractivity contribution in [3.63, 3.8) is 0 Å². The fraction of sp³-hybridized carbons (Fsp3) is 0.235. The van der Waals surface area contributed by atoms with Gasteiger partial charge < -0.3 is 9.84 Å². The van der Waals surface area contributed by atoms with Crippen molar-refractivity contribution in [2.45, 2.75) is 17.4 Å². The number of hydrogen-bond donors (Lipinski definition) is 1. The zero-order chi connectivity index (χ0) is 17.3. The molecule has 0 saturated heterocycles. The van der Waals surface area contributed by atoms with Gasteiger partial charge in [-0.3, -0.25) is 0 Å². The minimum atomic E-state index is -3.85. The van der Waals surface area contributed by atoms with E-state index in [0.29, 0.717) is 12.0 Å². The number of fused-ring (bicyclic) bond motifs is 1. The van der Waals surface area contributed by atoms with E-state index in [4.69, 9.17) is 4.74 Å². The number of carbonyl (C=O) groups is 1. The van der Waals surface area contributed by atoms with Crippen LogP contribution >= 0.6 is 0 Å². The molecular weight excluding hydrogens is 330 g/mol. The molecular formula is C17H17NO5S. The van der Waals surface area contributed by atoms with Gasteiger partial charge in [0, 0.05) is 6.54 Å². The molecule has 0 saturated carbocycles. The van der Waals surface area contributed by atoms with Gasteiger partial charge in [-0.2, -0.15) is 4.31 Å².